The number of nitrogens with zero attached hydrogens (tertiary/aromatic N) is 4. The molecule has 32 heavy (non-hydrogen) atoms. The van der Waals surface area contributed by atoms with Crippen molar-refractivity contribution in [3.05, 3.63) is 36.4 Å². The van der Waals surface area contributed by atoms with Gasteiger partial charge in [0.15, 0.2) is 0 Å². The molecule has 3 aromatic rings. The van der Waals surface area contributed by atoms with Crippen molar-refractivity contribution in [2.24, 2.45) is 5.92 Å². The summed E-state index contributed by atoms with van der Waals surface area (Å²) in [5.74, 6) is 3.06. The Balaban J connectivity index is 1.39. The Hall–Kier alpha value is -3.00. The maximum atomic E-state index is 6.27. The lowest BCUT2D eigenvalue weighted by Gasteiger charge is -2.27. The molecule has 2 aromatic heterocycles. The maximum Gasteiger partial charge on any atom is 0.247 e. The van der Waals surface area contributed by atoms with Crippen LogP contribution < -0.4 is 10.1 Å². The van der Waals surface area contributed by atoms with Gasteiger partial charge in [-0.2, -0.15) is 4.98 Å². The van der Waals surface area contributed by atoms with Crippen LogP contribution in [-0.4, -0.2) is 45.5 Å². The third kappa shape index (κ3) is 4.75. The molecule has 168 valence electrons. The fourth-order valence-electron chi connectivity index (χ4n) is 4.28. The van der Waals surface area contributed by atoms with Gasteiger partial charge in [0.05, 0.1) is 18.8 Å². The number of anilines is 1. The predicted molar refractivity (Wildman–Crippen MR) is 120 cm³/mol. The zero-order chi connectivity index (χ0) is 21.9. The zero-order valence-corrected chi connectivity index (χ0v) is 18.6. The second kappa shape index (κ2) is 9.24. The van der Waals surface area contributed by atoms with Crippen molar-refractivity contribution >= 4 is 5.95 Å². The Bertz CT molecular complexity index is 1040. The normalized spacial score (nSPS) is 23.2. The first kappa shape index (κ1) is 20.9. The van der Waals surface area contributed by atoms with Crippen LogP contribution in [0.4, 0.5) is 5.95 Å². The third-order valence-corrected chi connectivity index (χ3v) is 6.24. The van der Waals surface area contributed by atoms with E-state index < -0.39 is 0 Å². The Morgan fingerprint density at radius 2 is 1.78 bits per heavy atom. The maximum absolute atomic E-state index is 6.27. The number of hydrogen-bond donors (Lipinski definition) is 1. The van der Waals surface area contributed by atoms with E-state index in [1.807, 2.05) is 30.5 Å². The summed E-state index contributed by atoms with van der Waals surface area (Å²) in [6, 6.07) is 8.33. The van der Waals surface area contributed by atoms with Gasteiger partial charge in [0.2, 0.25) is 23.6 Å². The first-order chi connectivity index (χ1) is 15.6. The van der Waals surface area contributed by atoms with Crippen LogP contribution in [0.15, 0.2) is 34.9 Å². The standard InChI is InChI=1S/C24H29N5O3/c1-15-3-9-19(10-4-15)26-24-25-13-21(23(27-24)32-20-11-12-30-14-20)17-5-7-18(8-6-17)22-29-28-16(2)31-22/h5-8,13,15,19-20H,3-4,9-12,14H2,1-2H3,(H,25,26,27)/t15-,19-,20-/m1/s1. The van der Waals surface area contributed by atoms with Gasteiger partial charge >= 0.3 is 0 Å². The van der Waals surface area contributed by atoms with Crippen LogP contribution in [0.1, 0.15) is 44.9 Å². The minimum atomic E-state index is 0.00710. The summed E-state index contributed by atoms with van der Waals surface area (Å²) in [5, 5.41) is 11.5. The Labute approximate surface area is 187 Å². The Morgan fingerprint density at radius 1 is 1.00 bits per heavy atom. The summed E-state index contributed by atoms with van der Waals surface area (Å²) < 4.78 is 17.3. The average molecular weight is 436 g/mol. The highest BCUT2D eigenvalue weighted by Gasteiger charge is 2.23. The highest BCUT2D eigenvalue weighted by molar-refractivity contribution is 5.71. The van der Waals surface area contributed by atoms with Crippen LogP contribution in [0.2, 0.25) is 0 Å². The van der Waals surface area contributed by atoms with Crippen molar-refractivity contribution in [2.45, 2.75) is 58.1 Å². The quantitative estimate of drug-likeness (QED) is 0.597. The molecular weight excluding hydrogens is 406 g/mol. The third-order valence-electron chi connectivity index (χ3n) is 6.24. The number of aromatic nitrogens is 4. The van der Waals surface area contributed by atoms with Crippen molar-refractivity contribution in [3.8, 4) is 28.5 Å². The first-order valence-corrected chi connectivity index (χ1v) is 11.4. The van der Waals surface area contributed by atoms with Gasteiger partial charge in [-0.1, -0.05) is 19.1 Å². The van der Waals surface area contributed by atoms with Crippen molar-refractivity contribution in [1.82, 2.24) is 20.2 Å². The van der Waals surface area contributed by atoms with Crippen LogP contribution in [-0.2, 0) is 4.74 Å². The first-order valence-electron chi connectivity index (χ1n) is 11.4. The van der Waals surface area contributed by atoms with Gasteiger partial charge < -0.3 is 19.2 Å². The van der Waals surface area contributed by atoms with Gasteiger partial charge in [-0.25, -0.2) is 4.98 Å². The average Bonchev–Trinajstić information content (AvgIpc) is 3.48. The van der Waals surface area contributed by atoms with E-state index in [-0.39, 0.29) is 6.10 Å². The van der Waals surface area contributed by atoms with Gasteiger partial charge in [-0.3, -0.25) is 0 Å². The molecule has 8 heteroatoms. The fourth-order valence-corrected chi connectivity index (χ4v) is 4.28. The van der Waals surface area contributed by atoms with Crippen LogP contribution in [0, 0.1) is 12.8 Å². The molecule has 8 nitrogen and oxygen atoms in total. The monoisotopic (exact) mass is 435 g/mol. The highest BCUT2D eigenvalue weighted by Crippen LogP contribution is 2.33. The topological polar surface area (TPSA) is 95.2 Å². The predicted octanol–water partition coefficient (Wildman–Crippen LogP) is 4.66. The molecule has 3 heterocycles. The van der Waals surface area contributed by atoms with Crippen molar-refractivity contribution in [1.29, 1.82) is 0 Å². The molecule has 1 saturated carbocycles. The van der Waals surface area contributed by atoms with Crippen LogP contribution in [0.3, 0.4) is 0 Å². The molecule has 5 rings (SSSR count). The SMILES string of the molecule is Cc1nnc(-c2ccc(-c3cnc(N[C@H]4CC[C@H](C)CC4)nc3O[C@@H]3CCOC3)cc2)o1. The molecule has 1 aromatic carbocycles. The van der Waals surface area contributed by atoms with E-state index in [0.717, 1.165) is 48.5 Å². The van der Waals surface area contributed by atoms with E-state index in [1.54, 1.807) is 6.92 Å². The Kier molecular flexibility index (Phi) is 6.03. The molecule has 0 spiro atoms. The molecule has 0 bridgehead atoms. The van der Waals surface area contributed by atoms with Gasteiger partial charge in [-0.05, 0) is 49.3 Å². The Morgan fingerprint density at radius 3 is 2.47 bits per heavy atom. The number of hydrogen-bond acceptors (Lipinski definition) is 8. The summed E-state index contributed by atoms with van der Waals surface area (Å²) in [7, 11) is 0. The van der Waals surface area contributed by atoms with Crippen LogP contribution >= 0.6 is 0 Å². The molecule has 1 N–H and O–H groups in total. The molecule has 1 saturated heterocycles. The number of rotatable bonds is 6. The molecule has 1 aliphatic heterocycles. The summed E-state index contributed by atoms with van der Waals surface area (Å²) in [5.41, 5.74) is 2.69. The van der Waals surface area contributed by atoms with E-state index >= 15 is 0 Å². The second-order valence-electron chi connectivity index (χ2n) is 8.82. The van der Waals surface area contributed by atoms with Crippen molar-refractivity contribution in [2.75, 3.05) is 18.5 Å². The lowest BCUT2D eigenvalue weighted by atomic mass is 9.87. The van der Waals surface area contributed by atoms with E-state index in [4.69, 9.17) is 18.9 Å². The zero-order valence-electron chi connectivity index (χ0n) is 18.6. The molecule has 0 unspecified atom stereocenters. The van der Waals surface area contributed by atoms with E-state index in [0.29, 0.717) is 36.3 Å². The summed E-state index contributed by atoms with van der Waals surface area (Å²) in [4.78, 5) is 9.38. The fraction of sp³-hybridized carbons (Fsp3) is 0.500. The molecule has 2 fully saturated rings. The molecule has 2 aliphatic rings. The number of aryl methyl sites for hydroxylation is 1. The lowest BCUT2D eigenvalue weighted by Crippen LogP contribution is -2.26. The van der Waals surface area contributed by atoms with Crippen LogP contribution in [0.25, 0.3) is 22.6 Å². The van der Waals surface area contributed by atoms with Crippen molar-refractivity contribution in [3.63, 3.8) is 0 Å². The van der Waals surface area contributed by atoms with Gasteiger partial charge in [0, 0.05) is 31.1 Å². The molecule has 1 atom stereocenters. The minimum absolute atomic E-state index is 0.00710. The molecule has 1 aliphatic carbocycles. The number of nitrogens with one attached hydrogen (secondary N) is 1. The lowest BCUT2D eigenvalue weighted by molar-refractivity contribution is 0.138. The molecule has 0 amide bonds. The second-order valence-corrected chi connectivity index (χ2v) is 8.82. The number of benzene rings is 1. The van der Waals surface area contributed by atoms with Gasteiger partial charge in [0.1, 0.15) is 6.10 Å². The number of ether oxygens (including phenoxy) is 2. The highest BCUT2D eigenvalue weighted by atomic mass is 16.5. The molecular formula is C24H29N5O3. The van der Waals surface area contributed by atoms with Gasteiger partial charge in [-0.15, -0.1) is 10.2 Å². The minimum Gasteiger partial charge on any atom is -0.471 e. The summed E-state index contributed by atoms with van der Waals surface area (Å²) in [6.45, 7) is 5.40. The van der Waals surface area contributed by atoms with Crippen molar-refractivity contribution < 1.29 is 13.9 Å². The van der Waals surface area contributed by atoms with Gasteiger partial charge in [0.25, 0.3) is 0 Å². The molecule has 0 radical (unpaired) electrons. The van der Waals surface area contributed by atoms with E-state index in [9.17, 15) is 0 Å². The van der Waals surface area contributed by atoms with E-state index in [2.05, 4.69) is 27.4 Å². The van der Waals surface area contributed by atoms with Crippen LogP contribution in [0.5, 0.6) is 5.88 Å². The largest absolute Gasteiger partial charge is 0.471 e. The summed E-state index contributed by atoms with van der Waals surface area (Å²) >= 11 is 0. The van der Waals surface area contributed by atoms with E-state index in [1.165, 1.54) is 12.8 Å². The summed E-state index contributed by atoms with van der Waals surface area (Å²) in [6.07, 6.45) is 7.49. The smallest absolute Gasteiger partial charge is 0.247 e.